The highest BCUT2D eigenvalue weighted by Gasteiger charge is 2.51. The molecular weight excluding hydrogens is 355 g/mol. The van der Waals surface area contributed by atoms with Crippen LogP contribution in [0.15, 0.2) is 12.4 Å². The molecule has 1 unspecified atom stereocenters. The van der Waals surface area contributed by atoms with E-state index in [1.54, 1.807) is 12.4 Å². The fourth-order valence-corrected chi connectivity index (χ4v) is 3.81. The summed E-state index contributed by atoms with van der Waals surface area (Å²) in [5.41, 5.74) is 5.75. The predicted molar refractivity (Wildman–Crippen MR) is 111 cm³/mol. The fraction of sp³-hybridized carbons (Fsp3) is 0.800. The van der Waals surface area contributed by atoms with Crippen molar-refractivity contribution in [3.05, 3.63) is 12.4 Å². The Hall–Kier alpha value is -1.22. The molecule has 0 saturated carbocycles. The Morgan fingerprint density at radius 2 is 1.89 bits per heavy atom. The van der Waals surface area contributed by atoms with E-state index in [4.69, 9.17) is 19.8 Å². The molecule has 7 nitrogen and oxygen atoms in total. The number of likely N-dealkylation sites (tertiary alicyclic amines) is 1. The van der Waals surface area contributed by atoms with E-state index in [0.717, 1.165) is 37.4 Å². The molecular formula is C20H35BN4O3. The highest BCUT2D eigenvalue weighted by molar-refractivity contribution is 6.61. The van der Waals surface area contributed by atoms with Crippen LogP contribution in [0.25, 0.3) is 0 Å². The van der Waals surface area contributed by atoms with Crippen molar-refractivity contribution in [2.24, 2.45) is 11.7 Å². The Balaban J connectivity index is 1.41. The number of nitrogens with zero attached hydrogens (tertiary/aromatic N) is 3. The summed E-state index contributed by atoms with van der Waals surface area (Å²) in [5, 5.41) is 0. The van der Waals surface area contributed by atoms with Crippen molar-refractivity contribution in [3.8, 4) is 6.01 Å². The maximum atomic E-state index is 6.03. The first-order chi connectivity index (χ1) is 13.3. The van der Waals surface area contributed by atoms with E-state index >= 15 is 0 Å². The van der Waals surface area contributed by atoms with Gasteiger partial charge in [0.1, 0.15) is 0 Å². The van der Waals surface area contributed by atoms with E-state index < -0.39 is 7.12 Å². The molecule has 0 spiro atoms. The summed E-state index contributed by atoms with van der Waals surface area (Å²) >= 11 is 0. The first-order valence-corrected chi connectivity index (χ1v) is 10.5. The minimum absolute atomic E-state index is 0.369. The molecule has 156 valence electrons. The van der Waals surface area contributed by atoms with Crippen LogP contribution in [0.1, 0.15) is 53.4 Å². The number of ether oxygens (including phenoxy) is 1. The van der Waals surface area contributed by atoms with Gasteiger partial charge >= 0.3 is 13.1 Å². The van der Waals surface area contributed by atoms with Crippen LogP contribution >= 0.6 is 0 Å². The molecule has 28 heavy (non-hydrogen) atoms. The molecule has 8 heteroatoms. The number of hydrogen-bond donors (Lipinski definition) is 1. The molecule has 0 bridgehead atoms. The number of nitrogens with two attached hydrogens (primary N) is 1. The molecule has 3 rings (SSSR count). The molecule has 2 aliphatic rings. The number of rotatable bonds is 8. The van der Waals surface area contributed by atoms with Crippen molar-refractivity contribution in [1.82, 2.24) is 14.9 Å². The molecule has 2 aliphatic heterocycles. The molecule has 3 heterocycles. The smallest absolute Gasteiger partial charge is 0.463 e. The van der Waals surface area contributed by atoms with E-state index in [1.807, 2.05) is 27.7 Å². The fourth-order valence-electron chi connectivity index (χ4n) is 3.81. The zero-order valence-electron chi connectivity index (χ0n) is 17.8. The molecule has 0 aromatic carbocycles. The van der Waals surface area contributed by atoms with Gasteiger partial charge in [0, 0.05) is 37.5 Å². The van der Waals surface area contributed by atoms with Crippen molar-refractivity contribution < 1.29 is 14.0 Å². The van der Waals surface area contributed by atoms with Gasteiger partial charge in [-0.1, -0.05) is 0 Å². The average molecular weight is 390 g/mol. The lowest BCUT2D eigenvalue weighted by Gasteiger charge is -2.32. The SMILES string of the molecule is CC1(C)OB(c2cnc(OCCCC3CCCN(CCN)C3)nc2)OC1(C)C. The Kier molecular flexibility index (Phi) is 6.96. The van der Waals surface area contributed by atoms with Gasteiger partial charge in [-0.3, -0.25) is 0 Å². The lowest BCUT2D eigenvalue weighted by atomic mass is 9.81. The van der Waals surface area contributed by atoms with Crippen molar-refractivity contribution in [1.29, 1.82) is 0 Å². The van der Waals surface area contributed by atoms with Gasteiger partial charge in [-0.15, -0.1) is 0 Å². The summed E-state index contributed by atoms with van der Waals surface area (Å²) < 4.78 is 17.8. The Bertz CT molecular complexity index is 608. The van der Waals surface area contributed by atoms with Gasteiger partial charge in [-0.05, 0) is 65.8 Å². The number of hydrogen-bond acceptors (Lipinski definition) is 7. The molecule has 2 saturated heterocycles. The van der Waals surface area contributed by atoms with Crippen molar-refractivity contribution in [2.75, 3.05) is 32.8 Å². The first-order valence-electron chi connectivity index (χ1n) is 10.5. The summed E-state index contributed by atoms with van der Waals surface area (Å²) in [6, 6.07) is 0.411. The van der Waals surface area contributed by atoms with Gasteiger partial charge in [0.25, 0.3) is 0 Å². The van der Waals surface area contributed by atoms with Crippen LogP contribution in [0.2, 0.25) is 0 Å². The zero-order chi connectivity index (χ0) is 20.2. The number of piperidine rings is 1. The van der Waals surface area contributed by atoms with E-state index in [1.165, 1.54) is 25.8 Å². The Labute approximate surface area is 169 Å². The predicted octanol–water partition coefficient (Wildman–Crippen LogP) is 1.61. The van der Waals surface area contributed by atoms with Crippen LogP contribution in [0.5, 0.6) is 6.01 Å². The maximum Gasteiger partial charge on any atom is 0.498 e. The summed E-state index contributed by atoms with van der Waals surface area (Å²) in [6.45, 7) is 12.9. The summed E-state index contributed by atoms with van der Waals surface area (Å²) in [7, 11) is -0.443. The lowest BCUT2D eigenvalue weighted by molar-refractivity contribution is 0.00578. The van der Waals surface area contributed by atoms with E-state index in [2.05, 4.69) is 14.9 Å². The largest absolute Gasteiger partial charge is 0.498 e. The maximum absolute atomic E-state index is 6.03. The topological polar surface area (TPSA) is 82.7 Å². The van der Waals surface area contributed by atoms with Gasteiger partial charge in [0.05, 0.1) is 17.8 Å². The monoisotopic (exact) mass is 390 g/mol. The molecule has 2 fully saturated rings. The second-order valence-corrected chi connectivity index (χ2v) is 8.98. The molecule has 2 N–H and O–H groups in total. The van der Waals surface area contributed by atoms with Crippen LogP contribution in [0, 0.1) is 5.92 Å². The molecule has 0 amide bonds. The van der Waals surface area contributed by atoms with Crippen molar-refractivity contribution in [2.45, 2.75) is 64.6 Å². The van der Waals surface area contributed by atoms with Crippen LogP contribution in [0.4, 0.5) is 0 Å². The third kappa shape index (κ3) is 5.23. The second-order valence-electron chi connectivity index (χ2n) is 8.98. The molecule has 0 aliphatic carbocycles. The minimum Gasteiger partial charge on any atom is -0.463 e. The Morgan fingerprint density at radius 1 is 1.21 bits per heavy atom. The normalized spacial score (nSPS) is 24.5. The van der Waals surface area contributed by atoms with Gasteiger partial charge in [0.2, 0.25) is 0 Å². The molecule has 1 aromatic rings. The van der Waals surface area contributed by atoms with Gasteiger partial charge in [-0.25, -0.2) is 9.97 Å². The zero-order valence-corrected chi connectivity index (χ0v) is 17.8. The van der Waals surface area contributed by atoms with Gasteiger partial charge in [-0.2, -0.15) is 0 Å². The lowest BCUT2D eigenvalue weighted by Crippen LogP contribution is -2.41. The summed E-state index contributed by atoms with van der Waals surface area (Å²) in [6.07, 6.45) is 8.23. The van der Waals surface area contributed by atoms with Crippen molar-refractivity contribution in [3.63, 3.8) is 0 Å². The van der Waals surface area contributed by atoms with Crippen molar-refractivity contribution >= 4 is 12.6 Å². The summed E-state index contributed by atoms with van der Waals surface area (Å²) in [5.74, 6) is 0.746. The number of aromatic nitrogens is 2. The molecule has 0 radical (unpaired) electrons. The van der Waals surface area contributed by atoms with E-state index in [-0.39, 0.29) is 11.2 Å². The first kappa shape index (κ1) is 21.5. The van der Waals surface area contributed by atoms with E-state index in [0.29, 0.717) is 12.6 Å². The molecule has 1 aromatic heterocycles. The third-order valence-electron chi connectivity index (χ3n) is 6.21. The standard InChI is InChI=1S/C20H35BN4O3/c1-19(2)20(3,4)28-21(27-19)17-13-23-18(24-14-17)26-12-6-8-16-7-5-10-25(15-16)11-9-22/h13-14,16H,5-12,15,22H2,1-4H3. The average Bonchev–Trinajstić information content (AvgIpc) is 2.87. The van der Waals surface area contributed by atoms with Crippen LogP contribution in [-0.2, 0) is 9.31 Å². The van der Waals surface area contributed by atoms with E-state index in [9.17, 15) is 0 Å². The van der Waals surface area contributed by atoms with Gasteiger partial charge < -0.3 is 24.7 Å². The third-order valence-corrected chi connectivity index (χ3v) is 6.21. The second kappa shape index (κ2) is 9.07. The minimum atomic E-state index is -0.443. The van der Waals surface area contributed by atoms with Crippen LogP contribution in [-0.4, -0.2) is 66.0 Å². The van der Waals surface area contributed by atoms with Crippen LogP contribution in [0.3, 0.4) is 0 Å². The highest BCUT2D eigenvalue weighted by Crippen LogP contribution is 2.36. The van der Waals surface area contributed by atoms with Crippen LogP contribution < -0.4 is 15.9 Å². The van der Waals surface area contributed by atoms with Gasteiger partial charge in [0.15, 0.2) is 0 Å². The highest BCUT2D eigenvalue weighted by atomic mass is 16.7. The quantitative estimate of drug-likeness (QED) is 0.533. The Morgan fingerprint density at radius 3 is 2.54 bits per heavy atom. The summed E-state index contributed by atoms with van der Waals surface area (Å²) in [4.78, 5) is 11.1. The molecule has 1 atom stereocenters.